The Morgan fingerprint density at radius 3 is 2.31 bits per heavy atom. The van der Waals surface area contributed by atoms with Crippen LogP contribution in [0.5, 0.6) is 0 Å². The molecule has 4 rings (SSSR count). The zero-order chi connectivity index (χ0) is 22.6. The zero-order valence-corrected chi connectivity index (χ0v) is 19.6. The number of hydrogen-bond acceptors (Lipinski definition) is 4. The monoisotopic (exact) mass is 473 g/mol. The normalized spacial score (nSPS) is 18.5. The molecule has 0 saturated carbocycles. The second-order valence-electron chi connectivity index (χ2n) is 8.16. The molecule has 0 radical (unpaired) electrons. The van der Waals surface area contributed by atoms with E-state index in [0.29, 0.717) is 31.7 Å². The quantitative estimate of drug-likeness (QED) is 0.643. The molecule has 2 aliphatic heterocycles. The van der Waals surface area contributed by atoms with Crippen molar-refractivity contribution in [2.24, 2.45) is 0 Å². The third kappa shape index (κ3) is 5.23. The van der Waals surface area contributed by atoms with Gasteiger partial charge in [0.2, 0.25) is 10.0 Å². The molecule has 0 atom stereocenters. The van der Waals surface area contributed by atoms with E-state index in [9.17, 15) is 13.2 Å². The van der Waals surface area contributed by atoms with Crippen LogP contribution >= 0.6 is 11.6 Å². The fourth-order valence-corrected chi connectivity index (χ4v) is 6.14. The van der Waals surface area contributed by atoms with E-state index in [2.05, 4.69) is 29.2 Å². The molecular weight excluding hydrogens is 446 g/mol. The van der Waals surface area contributed by atoms with Crippen molar-refractivity contribution in [1.29, 1.82) is 0 Å². The van der Waals surface area contributed by atoms with Crippen molar-refractivity contribution in [1.82, 2.24) is 14.1 Å². The number of carbonyl (C=O) groups is 1. The van der Waals surface area contributed by atoms with Gasteiger partial charge in [0, 0.05) is 51.4 Å². The van der Waals surface area contributed by atoms with Crippen molar-refractivity contribution >= 4 is 33.6 Å². The van der Waals surface area contributed by atoms with Gasteiger partial charge >= 0.3 is 0 Å². The maximum Gasteiger partial charge on any atom is 0.253 e. The third-order valence-electron chi connectivity index (χ3n) is 5.99. The van der Waals surface area contributed by atoms with Crippen molar-refractivity contribution < 1.29 is 13.2 Å². The van der Waals surface area contributed by atoms with Crippen LogP contribution in [0.25, 0.3) is 6.08 Å². The van der Waals surface area contributed by atoms with Gasteiger partial charge in [0.05, 0.1) is 5.02 Å². The number of benzene rings is 2. The van der Waals surface area contributed by atoms with Crippen LogP contribution < -0.4 is 0 Å². The van der Waals surface area contributed by atoms with E-state index >= 15 is 0 Å². The number of carbonyl (C=O) groups excluding carboxylic acids is 1. The minimum absolute atomic E-state index is 0.0246. The van der Waals surface area contributed by atoms with E-state index in [1.165, 1.54) is 22.0 Å². The van der Waals surface area contributed by atoms with E-state index in [-0.39, 0.29) is 15.8 Å². The van der Waals surface area contributed by atoms with Crippen LogP contribution in [0.2, 0.25) is 5.02 Å². The fraction of sp³-hybridized carbons (Fsp3) is 0.375. The number of amides is 1. The molecule has 8 heteroatoms. The number of halogens is 1. The zero-order valence-electron chi connectivity index (χ0n) is 18.0. The smallest absolute Gasteiger partial charge is 0.253 e. The Morgan fingerprint density at radius 2 is 1.62 bits per heavy atom. The molecule has 2 aromatic rings. The number of hydrogen-bond donors (Lipinski definition) is 0. The summed E-state index contributed by atoms with van der Waals surface area (Å²) in [4.78, 5) is 17.2. The van der Waals surface area contributed by atoms with Crippen molar-refractivity contribution in [2.45, 2.75) is 17.7 Å². The summed E-state index contributed by atoms with van der Waals surface area (Å²) in [6.07, 6.45) is 5.94. The van der Waals surface area contributed by atoms with Gasteiger partial charge in [-0.1, -0.05) is 54.1 Å². The first-order valence-electron chi connectivity index (χ1n) is 11.0. The van der Waals surface area contributed by atoms with Crippen molar-refractivity contribution in [3.05, 3.63) is 70.8 Å². The highest BCUT2D eigenvalue weighted by molar-refractivity contribution is 7.89. The van der Waals surface area contributed by atoms with Crippen LogP contribution in [0.4, 0.5) is 0 Å². The van der Waals surface area contributed by atoms with Crippen molar-refractivity contribution in [2.75, 3.05) is 45.8 Å². The molecule has 0 unspecified atom stereocenters. The summed E-state index contributed by atoms with van der Waals surface area (Å²) >= 11 is 6.22. The van der Waals surface area contributed by atoms with Gasteiger partial charge in [0.15, 0.2) is 0 Å². The van der Waals surface area contributed by atoms with Crippen LogP contribution in [0, 0.1) is 0 Å². The van der Waals surface area contributed by atoms with E-state index < -0.39 is 10.0 Å². The Morgan fingerprint density at radius 1 is 0.938 bits per heavy atom. The summed E-state index contributed by atoms with van der Waals surface area (Å²) in [6.45, 7) is 4.59. The summed E-state index contributed by atoms with van der Waals surface area (Å²) in [5.74, 6) is -0.154. The van der Waals surface area contributed by atoms with Crippen molar-refractivity contribution in [3.8, 4) is 0 Å². The first kappa shape index (κ1) is 23.0. The van der Waals surface area contributed by atoms with E-state index in [4.69, 9.17) is 11.6 Å². The van der Waals surface area contributed by atoms with Crippen LogP contribution in [-0.4, -0.2) is 74.2 Å². The van der Waals surface area contributed by atoms with Gasteiger partial charge in [-0.25, -0.2) is 8.42 Å². The van der Waals surface area contributed by atoms with Gasteiger partial charge in [0.1, 0.15) is 4.90 Å². The van der Waals surface area contributed by atoms with Crippen LogP contribution in [0.1, 0.15) is 28.8 Å². The number of piperazine rings is 1. The molecule has 2 aliphatic rings. The lowest BCUT2D eigenvalue weighted by atomic mass is 10.1. The molecule has 6 nitrogen and oxygen atoms in total. The average molecular weight is 474 g/mol. The second kappa shape index (κ2) is 10.2. The molecule has 0 aliphatic carbocycles. The number of sulfonamides is 1. The molecule has 32 heavy (non-hydrogen) atoms. The van der Waals surface area contributed by atoms with Crippen LogP contribution in [0.3, 0.4) is 0 Å². The molecule has 0 N–H and O–H groups in total. The number of nitrogens with zero attached hydrogens (tertiary/aromatic N) is 3. The SMILES string of the molecule is O=C(c1ccc(Cl)c(S(=O)(=O)N2CCCC2)c1)N1CCN(CC=Cc2ccccc2)CC1. The molecule has 0 bridgehead atoms. The molecule has 170 valence electrons. The number of rotatable bonds is 6. The maximum atomic E-state index is 13.1. The molecular formula is C24H28ClN3O3S. The summed E-state index contributed by atoms with van der Waals surface area (Å²) in [7, 11) is -3.68. The standard InChI is InChI=1S/C24H28ClN3O3S/c25-22-11-10-21(19-23(22)32(30,31)28-13-4-5-14-28)24(29)27-17-15-26(16-18-27)12-6-9-20-7-2-1-3-8-20/h1-3,6-11,19H,4-5,12-18H2. The Kier molecular flexibility index (Phi) is 7.30. The summed E-state index contributed by atoms with van der Waals surface area (Å²) in [5, 5.41) is 0.156. The Labute approximate surface area is 195 Å². The van der Waals surface area contributed by atoms with Gasteiger partial charge in [-0.3, -0.25) is 9.69 Å². The fourth-order valence-electron chi connectivity index (χ4n) is 4.12. The minimum Gasteiger partial charge on any atom is -0.336 e. The van der Waals surface area contributed by atoms with Gasteiger partial charge in [-0.15, -0.1) is 0 Å². The van der Waals surface area contributed by atoms with Gasteiger partial charge in [-0.05, 0) is 36.6 Å². The molecule has 2 fully saturated rings. The van der Waals surface area contributed by atoms with Crippen LogP contribution in [0.15, 0.2) is 59.5 Å². The van der Waals surface area contributed by atoms with Gasteiger partial charge in [-0.2, -0.15) is 4.31 Å². The molecule has 1 amide bonds. The minimum atomic E-state index is -3.68. The molecule has 2 saturated heterocycles. The molecule has 2 heterocycles. The second-order valence-corrected chi connectivity index (χ2v) is 10.5. The lowest BCUT2D eigenvalue weighted by Gasteiger charge is -2.34. The van der Waals surface area contributed by atoms with E-state index in [0.717, 1.165) is 32.5 Å². The maximum absolute atomic E-state index is 13.1. The van der Waals surface area contributed by atoms with Gasteiger partial charge < -0.3 is 4.90 Å². The Hall–Kier alpha value is -2.19. The lowest BCUT2D eigenvalue weighted by molar-refractivity contribution is 0.0650. The van der Waals surface area contributed by atoms with Crippen LogP contribution in [-0.2, 0) is 10.0 Å². The highest BCUT2D eigenvalue weighted by Crippen LogP contribution is 2.28. The summed E-state index contributed by atoms with van der Waals surface area (Å²) in [5.41, 5.74) is 1.54. The summed E-state index contributed by atoms with van der Waals surface area (Å²) < 4.78 is 27.4. The largest absolute Gasteiger partial charge is 0.336 e. The highest BCUT2D eigenvalue weighted by Gasteiger charge is 2.30. The summed E-state index contributed by atoms with van der Waals surface area (Å²) in [6, 6.07) is 14.7. The first-order chi connectivity index (χ1) is 15.4. The first-order valence-corrected chi connectivity index (χ1v) is 12.8. The Bertz CT molecular complexity index is 1070. The topological polar surface area (TPSA) is 60.9 Å². The van der Waals surface area contributed by atoms with E-state index in [1.54, 1.807) is 11.0 Å². The predicted molar refractivity (Wildman–Crippen MR) is 127 cm³/mol. The highest BCUT2D eigenvalue weighted by atomic mass is 35.5. The Balaban J connectivity index is 1.37. The predicted octanol–water partition coefficient (Wildman–Crippen LogP) is 3.60. The average Bonchev–Trinajstić information content (AvgIpc) is 3.36. The third-order valence-corrected chi connectivity index (χ3v) is 8.37. The van der Waals surface area contributed by atoms with Crippen molar-refractivity contribution in [3.63, 3.8) is 0 Å². The molecule has 0 aromatic heterocycles. The van der Waals surface area contributed by atoms with Gasteiger partial charge in [0.25, 0.3) is 5.91 Å². The molecule has 2 aromatic carbocycles. The molecule has 0 spiro atoms. The van der Waals surface area contributed by atoms with E-state index in [1.807, 2.05) is 18.2 Å². The lowest BCUT2D eigenvalue weighted by Crippen LogP contribution is -2.48.